The molecular formula is C17H18ClNO2. The van der Waals surface area contributed by atoms with Crippen molar-refractivity contribution in [3.63, 3.8) is 0 Å². The van der Waals surface area contributed by atoms with Crippen LogP contribution in [0.5, 0.6) is 0 Å². The SMILES string of the molecule is Cc1ccc(NC(=O)CCOCc2ccccc2)c(Cl)c1. The number of anilines is 1. The van der Waals surface area contributed by atoms with Crippen LogP contribution in [0.3, 0.4) is 0 Å². The van der Waals surface area contributed by atoms with Crippen molar-refractivity contribution in [2.75, 3.05) is 11.9 Å². The van der Waals surface area contributed by atoms with Crippen LogP contribution in [-0.2, 0) is 16.1 Å². The summed E-state index contributed by atoms with van der Waals surface area (Å²) in [5.41, 5.74) is 2.79. The van der Waals surface area contributed by atoms with Crippen LogP contribution in [0.25, 0.3) is 0 Å². The number of carbonyl (C=O) groups is 1. The van der Waals surface area contributed by atoms with E-state index in [0.717, 1.165) is 11.1 Å². The van der Waals surface area contributed by atoms with Crippen molar-refractivity contribution in [3.05, 3.63) is 64.7 Å². The van der Waals surface area contributed by atoms with E-state index in [-0.39, 0.29) is 5.91 Å². The smallest absolute Gasteiger partial charge is 0.226 e. The van der Waals surface area contributed by atoms with Gasteiger partial charge in [-0.1, -0.05) is 48.0 Å². The molecule has 0 aliphatic rings. The normalized spacial score (nSPS) is 10.4. The number of rotatable bonds is 6. The van der Waals surface area contributed by atoms with Gasteiger partial charge in [0, 0.05) is 0 Å². The van der Waals surface area contributed by atoms with E-state index in [2.05, 4.69) is 5.32 Å². The van der Waals surface area contributed by atoms with Gasteiger partial charge in [-0.2, -0.15) is 0 Å². The monoisotopic (exact) mass is 303 g/mol. The van der Waals surface area contributed by atoms with Gasteiger partial charge in [-0.25, -0.2) is 0 Å². The first-order valence-electron chi connectivity index (χ1n) is 6.83. The minimum atomic E-state index is -0.103. The lowest BCUT2D eigenvalue weighted by Crippen LogP contribution is -2.14. The van der Waals surface area contributed by atoms with E-state index in [1.807, 2.05) is 49.4 Å². The van der Waals surface area contributed by atoms with Gasteiger partial charge in [0.1, 0.15) is 0 Å². The Morgan fingerprint density at radius 2 is 1.95 bits per heavy atom. The summed E-state index contributed by atoms with van der Waals surface area (Å²) in [6, 6.07) is 15.4. The summed E-state index contributed by atoms with van der Waals surface area (Å²) < 4.78 is 5.48. The number of carbonyl (C=O) groups excluding carboxylic acids is 1. The molecule has 0 aliphatic heterocycles. The first kappa shape index (κ1) is 15.5. The first-order chi connectivity index (χ1) is 10.1. The third-order valence-corrected chi connectivity index (χ3v) is 3.30. The Morgan fingerprint density at radius 3 is 2.67 bits per heavy atom. The zero-order valence-electron chi connectivity index (χ0n) is 11.9. The molecule has 0 unspecified atom stereocenters. The Kier molecular flexibility index (Phi) is 5.78. The number of hydrogen-bond acceptors (Lipinski definition) is 2. The summed E-state index contributed by atoms with van der Waals surface area (Å²) >= 11 is 6.07. The first-order valence-corrected chi connectivity index (χ1v) is 7.20. The molecule has 1 N–H and O–H groups in total. The van der Waals surface area contributed by atoms with Crippen molar-refractivity contribution in [2.45, 2.75) is 20.0 Å². The Hall–Kier alpha value is -1.84. The zero-order chi connectivity index (χ0) is 15.1. The molecule has 3 nitrogen and oxygen atoms in total. The summed E-state index contributed by atoms with van der Waals surface area (Å²) in [4.78, 5) is 11.8. The van der Waals surface area contributed by atoms with Gasteiger partial charge in [0.15, 0.2) is 0 Å². The standard InChI is InChI=1S/C17H18ClNO2/c1-13-7-8-16(15(18)11-13)19-17(20)9-10-21-12-14-5-3-2-4-6-14/h2-8,11H,9-10,12H2,1H3,(H,19,20). The van der Waals surface area contributed by atoms with Crippen molar-refractivity contribution in [3.8, 4) is 0 Å². The quantitative estimate of drug-likeness (QED) is 0.812. The molecule has 0 spiro atoms. The van der Waals surface area contributed by atoms with E-state index in [1.54, 1.807) is 6.07 Å². The van der Waals surface area contributed by atoms with Crippen LogP contribution in [0, 0.1) is 6.92 Å². The van der Waals surface area contributed by atoms with Crippen LogP contribution in [0.2, 0.25) is 5.02 Å². The number of hydrogen-bond donors (Lipinski definition) is 1. The maximum atomic E-state index is 11.8. The third kappa shape index (κ3) is 5.21. The van der Waals surface area contributed by atoms with E-state index in [0.29, 0.717) is 30.3 Å². The lowest BCUT2D eigenvalue weighted by Gasteiger charge is -2.08. The van der Waals surface area contributed by atoms with Crippen LogP contribution < -0.4 is 5.32 Å². The summed E-state index contributed by atoms with van der Waals surface area (Å²) in [5, 5.41) is 3.33. The van der Waals surface area contributed by atoms with Gasteiger partial charge in [-0.05, 0) is 30.2 Å². The average Bonchev–Trinajstić information content (AvgIpc) is 2.48. The maximum absolute atomic E-state index is 11.8. The van der Waals surface area contributed by atoms with Crippen LogP contribution in [-0.4, -0.2) is 12.5 Å². The van der Waals surface area contributed by atoms with E-state index in [9.17, 15) is 4.79 Å². The topological polar surface area (TPSA) is 38.3 Å². The molecule has 0 saturated heterocycles. The Labute approximate surface area is 129 Å². The molecule has 2 aromatic carbocycles. The molecule has 0 saturated carbocycles. The molecule has 1 amide bonds. The highest BCUT2D eigenvalue weighted by Gasteiger charge is 2.06. The fraction of sp³-hybridized carbons (Fsp3) is 0.235. The number of benzene rings is 2. The molecule has 0 radical (unpaired) electrons. The molecule has 4 heteroatoms. The van der Waals surface area contributed by atoms with E-state index < -0.39 is 0 Å². The van der Waals surface area contributed by atoms with Gasteiger partial charge in [0.05, 0.1) is 30.3 Å². The fourth-order valence-electron chi connectivity index (χ4n) is 1.86. The number of ether oxygens (including phenoxy) is 1. The molecule has 0 aromatic heterocycles. The number of nitrogens with one attached hydrogen (secondary N) is 1. The average molecular weight is 304 g/mol. The van der Waals surface area contributed by atoms with Gasteiger partial charge in [0.2, 0.25) is 5.91 Å². The molecule has 0 aliphatic carbocycles. The van der Waals surface area contributed by atoms with Crippen LogP contribution in [0.15, 0.2) is 48.5 Å². The van der Waals surface area contributed by atoms with Crippen molar-refractivity contribution < 1.29 is 9.53 Å². The molecule has 0 heterocycles. The molecule has 0 fully saturated rings. The Bertz CT molecular complexity index is 599. The van der Waals surface area contributed by atoms with Crippen molar-refractivity contribution in [2.24, 2.45) is 0 Å². The highest BCUT2D eigenvalue weighted by molar-refractivity contribution is 6.33. The summed E-state index contributed by atoms with van der Waals surface area (Å²) in [6.45, 7) is 2.85. The predicted octanol–water partition coefficient (Wildman–Crippen LogP) is 4.19. The van der Waals surface area contributed by atoms with E-state index in [1.165, 1.54) is 0 Å². The highest BCUT2D eigenvalue weighted by atomic mass is 35.5. The third-order valence-electron chi connectivity index (χ3n) is 2.98. The zero-order valence-corrected chi connectivity index (χ0v) is 12.7. The van der Waals surface area contributed by atoms with Crippen LogP contribution in [0.4, 0.5) is 5.69 Å². The molecule has 2 rings (SSSR count). The predicted molar refractivity (Wildman–Crippen MR) is 85.5 cm³/mol. The summed E-state index contributed by atoms with van der Waals surface area (Å²) in [7, 11) is 0. The molecular weight excluding hydrogens is 286 g/mol. The van der Waals surface area contributed by atoms with Crippen LogP contribution >= 0.6 is 11.6 Å². The van der Waals surface area contributed by atoms with Gasteiger partial charge in [0.25, 0.3) is 0 Å². The van der Waals surface area contributed by atoms with Crippen LogP contribution in [0.1, 0.15) is 17.5 Å². The molecule has 0 atom stereocenters. The molecule has 110 valence electrons. The molecule has 21 heavy (non-hydrogen) atoms. The second-order valence-electron chi connectivity index (χ2n) is 4.82. The van der Waals surface area contributed by atoms with E-state index >= 15 is 0 Å². The lowest BCUT2D eigenvalue weighted by molar-refractivity contribution is -0.117. The van der Waals surface area contributed by atoms with E-state index in [4.69, 9.17) is 16.3 Å². The van der Waals surface area contributed by atoms with Gasteiger partial charge < -0.3 is 10.1 Å². The van der Waals surface area contributed by atoms with Gasteiger partial charge in [-0.15, -0.1) is 0 Å². The minimum absolute atomic E-state index is 0.103. The lowest BCUT2D eigenvalue weighted by atomic mass is 10.2. The van der Waals surface area contributed by atoms with Crippen molar-refractivity contribution in [1.29, 1.82) is 0 Å². The fourth-order valence-corrected chi connectivity index (χ4v) is 2.15. The molecule has 0 bridgehead atoms. The van der Waals surface area contributed by atoms with Crippen molar-refractivity contribution in [1.82, 2.24) is 0 Å². The number of aryl methyl sites for hydroxylation is 1. The van der Waals surface area contributed by atoms with Crippen molar-refractivity contribution >= 4 is 23.2 Å². The largest absolute Gasteiger partial charge is 0.376 e. The van der Waals surface area contributed by atoms with Gasteiger partial charge >= 0.3 is 0 Å². The Balaban J connectivity index is 1.72. The summed E-state index contributed by atoms with van der Waals surface area (Å²) in [5.74, 6) is -0.103. The highest BCUT2D eigenvalue weighted by Crippen LogP contribution is 2.22. The Morgan fingerprint density at radius 1 is 1.19 bits per heavy atom. The number of amides is 1. The maximum Gasteiger partial charge on any atom is 0.226 e. The number of halogens is 1. The second kappa shape index (κ2) is 7.81. The molecule has 2 aromatic rings. The second-order valence-corrected chi connectivity index (χ2v) is 5.23. The minimum Gasteiger partial charge on any atom is -0.376 e. The van der Waals surface area contributed by atoms with Gasteiger partial charge in [-0.3, -0.25) is 4.79 Å². The summed E-state index contributed by atoms with van der Waals surface area (Å²) in [6.07, 6.45) is 0.303.